The van der Waals surface area contributed by atoms with Gasteiger partial charge in [-0.15, -0.1) is 0 Å². The van der Waals surface area contributed by atoms with Crippen LogP contribution < -0.4 is 0 Å². The minimum atomic E-state index is -6.20. The standard InChI is InChI=1S/C16H16F8/c1-4-8-7-11-12(10(6-3)9(8)5-2)14(19,20)16(23,24)15(21,22)13(11,17)18/h7H,4-6H2,1-3H3. The van der Waals surface area contributed by atoms with E-state index in [2.05, 4.69) is 0 Å². The molecule has 0 aromatic heterocycles. The molecule has 0 radical (unpaired) electrons. The van der Waals surface area contributed by atoms with E-state index in [4.69, 9.17) is 0 Å². The first-order valence-electron chi connectivity index (χ1n) is 7.52. The lowest BCUT2D eigenvalue weighted by Crippen LogP contribution is -2.64. The number of fused-ring (bicyclic) bond motifs is 1. The van der Waals surface area contributed by atoms with Gasteiger partial charge in [-0.3, -0.25) is 0 Å². The molecule has 0 N–H and O–H groups in total. The predicted molar refractivity (Wildman–Crippen MR) is 72.3 cm³/mol. The maximum atomic E-state index is 14.3. The third kappa shape index (κ3) is 1.97. The van der Waals surface area contributed by atoms with Gasteiger partial charge in [-0.1, -0.05) is 20.8 Å². The van der Waals surface area contributed by atoms with Gasteiger partial charge in [-0.05, 0) is 42.0 Å². The monoisotopic (exact) mass is 360 g/mol. The van der Waals surface area contributed by atoms with Crippen LogP contribution in [0.3, 0.4) is 0 Å². The number of hydrogen-bond donors (Lipinski definition) is 0. The molecule has 0 aliphatic heterocycles. The molecule has 0 fully saturated rings. The Morgan fingerprint density at radius 1 is 0.667 bits per heavy atom. The Kier molecular flexibility index (Phi) is 4.22. The van der Waals surface area contributed by atoms with Crippen molar-refractivity contribution < 1.29 is 35.1 Å². The maximum absolute atomic E-state index is 14.3. The molecule has 136 valence electrons. The van der Waals surface area contributed by atoms with E-state index in [1.54, 1.807) is 13.8 Å². The van der Waals surface area contributed by atoms with Crippen LogP contribution in [0.25, 0.3) is 0 Å². The molecule has 0 heterocycles. The summed E-state index contributed by atoms with van der Waals surface area (Å²) in [5, 5.41) is 0. The Bertz CT molecular complexity index is 661. The molecule has 0 saturated heterocycles. The third-order valence-corrected chi connectivity index (χ3v) is 4.56. The molecule has 0 nitrogen and oxygen atoms in total. The summed E-state index contributed by atoms with van der Waals surface area (Å²) in [6.45, 7) is 4.45. The van der Waals surface area contributed by atoms with Crippen LogP contribution in [0.5, 0.6) is 0 Å². The summed E-state index contributed by atoms with van der Waals surface area (Å²) in [5.41, 5.74) is -3.33. The summed E-state index contributed by atoms with van der Waals surface area (Å²) in [4.78, 5) is 0. The average Bonchev–Trinajstić information content (AvgIpc) is 2.50. The van der Waals surface area contributed by atoms with E-state index < -0.39 is 40.4 Å². The van der Waals surface area contributed by atoms with Crippen molar-refractivity contribution in [1.82, 2.24) is 0 Å². The first kappa shape index (κ1) is 19.0. The smallest absolute Gasteiger partial charge is 0.194 e. The SMILES string of the molecule is CCc1cc2c(c(CC)c1CC)C(F)(F)C(F)(F)C(F)(F)C2(F)F. The first-order valence-corrected chi connectivity index (χ1v) is 7.52. The Morgan fingerprint density at radius 2 is 1.12 bits per heavy atom. The van der Waals surface area contributed by atoms with E-state index in [0.29, 0.717) is 6.07 Å². The van der Waals surface area contributed by atoms with Crippen LogP contribution >= 0.6 is 0 Å². The number of hydrogen-bond acceptors (Lipinski definition) is 0. The van der Waals surface area contributed by atoms with Crippen molar-refractivity contribution in [2.45, 2.75) is 63.7 Å². The van der Waals surface area contributed by atoms with Gasteiger partial charge in [0.05, 0.1) is 0 Å². The molecule has 0 atom stereocenters. The quantitative estimate of drug-likeness (QED) is 0.594. The molecule has 1 aromatic rings. The maximum Gasteiger partial charge on any atom is 0.382 e. The molecule has 0 amide bonds. The van der Waals surface area contributed by atoms with E-state index in [-0.39, 0.29) is 30.4 Å². The highest BCUT2D eigenvalue weighted by Crippen LogP contribution is 2.65. The van der Waals surface area contributed by atoms with Crippen LogP contribution in [0.15, 0.2) is 6.07 Å². The van der Waals surface area contributed by atoms with E-state index in [1.165, 1.54) is 6.92 Å². The van der Waals surface area contributed by atoms with Crippen molar-refractivity contribution in [3.05, 3.63) is 33.9 Å². The highest BCUT2D eigenvalue weighted by Gasteiger charge is 2.85. The fourth-order valence-corrected chi connectivity index (χ4v) is 3.31. The second-order valence-corrected chi connectivity index (χ2v) is 5.77. The van der Waals surface area contributed by atoms with Crippen molar-refractivity contribution in [3.63, 3.8) is 0 Å². The molecule has 24 heavy (non-hydrogen) atoms. The van der Waals surface area contributed by atoms with Crippen molar-refractivity contribution in [2.75, 3.05) is 0 Å². The first-order chi connectivity index (χ1) is 10.8. The lowest BCUT2D eigenvalue weighted by Gasteiger charge is -2.44. The molecule has 0 bridgehead atoms. The van der Waals surface area contributed by atoms with Gasteiger partial charge < -0.3 is 0 Å². The van der Waals surface area contributed by atoms with Gasteiger partial charge in [0.1, 0.15) is 0 Å². The zero-order valence-electron chi connectivity index (χ0n) is 13.2. The van der Waals surface area contributed by atoms with Crippen molar-refractivity contribution >= 4 is 0 Å². The summed E-state index contributed by atoms with van der Waals surface area (Å²) < 4.78 is 111. The average molecular weight is 360 g/mol. The predicted octanol–water partition coefficient (Wildman–Crippen LogP) is 5.84. The summed E-state index contributed by atoms with van der Waals surface area (Å²) in [7, 11) is 0. The van der Waals surface area contributed by atoms with E-state index in [1.807, 2.05) is 0 Å². The van der Waals surface area contributed by atoms with Gasteiger partial charge in [-0.2, -0.15) is 35.1 Å². The number of benzene rings is 1. The third-order valence-electron chi connectivity index (χ3n) is 4.56. The zero-order chi connectivity index (χ0) is 18.7. The van der Waals surface area contributed by atoms with Gasteiger partial charge in [0.15, 0.2) is 0 Å². The van der Waals surface area contributed by atoms with Gasteiger partial charge >= 0.3 is 23.7 Å². The Hall–Kier alpha value is -1.34. The van der Waals surface area contributed by atoms with Crippen LogP contribution in [0.1, 0.15) is 48.6 Å². The van der Waals surface area contributed by atoms with Crippen LogP contribution in [-0.4, -0.2) is 11.8 Å². The molecule has 0 unspecified atom stereocenters. The highest BCUT2D eigenvalue weighted by molar-refractivity contribution is 5.54. The minimum absolute atomic E-state index is 0.132. The molecule has 0 spiro atoms. The summed E-state index contributed by atoms with van der Waals surface area (Å²) >= 11 is 0. The number of alkyl halides is 8. The Labute approximate surface area is 133 Å². The Balaban J connectivity index is 3.05. The molecular weight excluding hydrogens is 344 g/mol. The topological polar surface area (TPSA) is 0 Å². The highest BCUT2D eigenvalue weighted by atomic mass is 19.4. The molecule has 1 aliphatic rings. The van der Waals surface area contributed by atoms with Crippen LogP contribution in [-0.2, 0) is 31.1 Å². The van der Waals surface area contributed by atoms with E-state index in [9.17, 15) is 35.1 Å². The molecule has 2 rings (SSSR count). The number of rotatable bonds is 3. The van der Waals surface area contributed by atoms with Crippen molar-refractivity contribution in [3.8, 4) is 0 Å². The molecule has 1 aromatic carbocycles. The Morgan fingerprint density at radius 3 is 1.54 bits per heavy atom. The zero-order valence-corrected chi connectivity index (χ0v) is 13.2. The number of aryl methyl sites for hydroxylation is 1. The second-order valence-electron chi connectivity index (χ2n) is 5.77. The van der Waals surface area contributed by atoms with Gasteiger partial charge in [0.25, 0.3) is 0 Å². The van der Waals surface area contributed by atoms with E-state index in [0.717, 1.165) is 0 Å². The lowest BCUT2D eigenvalue weighted by atomic mass is 9.74. The van der Waals surface area contributed by atoms with E-state index >= 15 is 0 Å². The van der Waals surface area contributed by atoms with Gasteiger partial charge in [0.2, 0.25) is 0 Å². The van der Waals surface area contributed by atoms with Gasteiger partial charge in [0, 0.05) is 11.1 Å². The molecule has 1 aliphatic carbocycles. The summed E-state index contributed by atoms with van der Waals surface area (Å²) in [5.74, 6) is -23.2. The van der Waals surface area contributed by atoms with Crippen LogP contribution in [0.4, 0.5) is 35.1 Å². The lowest BCUT2D eigenvalue weighted by molar-refractivity contribution is -0.386. The number of halogens is 8. The second kappa shape index (κ2) is 5.33. The summed E-state index contributed by atoms with van der Waals surface area (Å²) in [6.07, 6.45) is 0.0307. The normalized spacial score (nSPS) is 23.0. The molecule has 0 saturated carbocycles. The van der Waals surface area contributed by atoms with Gasteiger partial charge in [-0.25, -0.2) is 0 Å². The van der Waals surface area contributed by atoms with Crippen LogP contribution in [0.2, 0.25) is 0 Å². The van der Waals surface area contributed by atoms with Crippen LogP contribution in [0, 0.1) is 0 Å². The molecular formula is C16H16F8. The summed E-state index contributed by atoms with van der Waals surface area (Å²) in [6, 6.07) is 0.532. The minimum Gasteiger partial charge on any atom is -0.194 e. The fourth-order valence-electron chi connectivity index (χ4n) is 3.31. The molecule has 8 heteroatoms. The fraction of sp³-hybridized carbons (Fsp3) is 0.625. The largest absolute Gasteiger partial charge is 0.382 e. The van der Waals surface area contributed by atoms with Crippen molar-refractivity contribution in [1.29, 1.82) is 0 Å². The van der Waals surface area contributed by atoms with Crippen molar-refractivity contribution in [2.24, 2.45) is 0 Å².